The molecule has 2 aliphatic rings. The van der Waals surface area contributed by atoms with E-state index in [1.54, 1.807) is 12.1 Å². The second-order valence-electron chi connectivity index (χ2n) is 15.6. The van der Waals surface area contributed by atoms with E-state index in [4.69, 9.17) is 4.74 Å². The van der Waals surface area contributed by atoms with Crippen LogP contribution in [-0.4, -0.2) is 54.8 Å². The molecular weight excluding hydrogens is 665 g/mol. The zero-order chi connectivity index (χ0) is 37.9. The van der Waals surface area contributed by atoms with Gasteiger partial charge in [-0.2, -0.15) is 0 Å². The first-order valence-corrected chi connectivity index (χ1v) is 20.0. The number of piperidine rings is 2. The quantitative estimate of drug-likeness (QED) is 0.0876. The summed E-state index contributed by atoms with van der Waals surface area (Å²) in [6.07, 6.45) is 6.61. The van der Waals surface area contributed by atoms with Gasteiger partial charge in [0.15, 0.2) is 6.29 Å². The van der Waals surface area contributed by atoms with Crippen molar-refractivity contribution < 1.29 is 24.5 Å². The second-order valence-corrected chi connectivity index (χ2v) is 15.6. The number of benzene rings is 3. The van der Waals surface area contributed by atoms with Gasteiger partial charge in [0.25, 0.3) is 0 Å². The Balaban J connectivity index is 1.55. The summed E-state index contributed by atoms with van der Waals surface area (Å²) in [4.78, 5) is 34.5. The summed E-state index contributed by atoms with van der Waals surface area (Å²) in [6, 6.07) is 20.8. The fourth-order valence-electron chi connectivity index (χ4n) is 8.04. The molecule has 5 rings (SSSR count). The molecule has 0 spiro atoms. The lowest BCUT2D eigenvalue weighted by Gasteiger charge is -2.34. The standard InChI is InChI=1S/C44H62N4O5/c1-6-53-40-29-32(21-22-35(40)44(51)52)41(42(49)45-36(27-30(2)3)33-17-9-11-19-38(33)47-23-13-7-14-24-47)43(50)46-37(28-31(4)5)34-18-10-12-20-39(34)48-25-15-8-16-26-48/h9-12,17-22,29-31,36-37,41,44,51-52H,6-8,13-16,23-28H2,1-5H3,(H,45,49)(H,46,50)/t36-,37-/m1/s1. The Labute approximate surface area is 317 Å². The van der Waals surface area contributed by atoms with E-state index in [0.29, 0.717) is 18.4 Å². The van der Waals surface area contributed by atoms with E-state index in [1.165, 1.54) is 18.9 Å². The van der Waals surface area contributed by atoms with Crippen LogP contribution >= 0.6 is 0 Å². The number of ether oxygens (including phenoxy) is 1. The number of para-hydroxylation sites is 2. The van der Waals surface area contributed by atoms with E-state index in [1.807, 2.05) is 19.1 Å². The number of rotatable bonds is 16. The highest BCUT2D eigenvalue weighted by atomic mass is 16.5. The molecule has 3 aromatic rings. The summed E-state index contributed by atoms with van der Waals surface area (Å²) < 4.78 is 5.83. The molecule has 2 fully saturated rings. The first-order chi connectivity index (χ1) is 25.6. The monoisotopic (exact) mass is 726 g/mol. The third kappa shape index (κ3) is 10.5. The van der Waals surface area contributed by atoms with E-state index in [-0.39, 0.29) is 41.8 Å². The molecule has 3 aromatic carbocycles. The first kappa shape index (κ1) is 40.1. The summed E-state index contributed by atoms with van der Waals surface area (Å²) in [5, 5.41) is 26.9. The smallest absolute Gasteiger partial charge is 0.237 e. The van der Waals surface area contributed by atoms with Gasteiger partial charge in [-0.25, -0.2) is 0 Å². The van der Waals surface area contributed by atoms with Crippen LogP contribution < -0.4 is 25.2 Å². The molecule has 0 bridgehead atoms. The Kier molecular flexibility index (Phi) is 14.6. The van der Waals surface area contributed by atoms with Crippen molar-refractivity contribution in [1.82, 2.24) is 10.6 Å². The highest BCUT2D eigenvalue weighted by molar-refractivity contribution is 6.06. The number of aliphatic hydroxyl groups excluding tert-OH is 1. The van der Waals surface area contributed by atoms with Crippen LogP contribution in [0.3, 0.4) is 0 Å². The van der Waals surface area contributed by atoms with Gasteiger partial charge >= 0.3 is 0 Å². The third-order valence-electron chi connectivity index (χ3n) is 10.5. The Morgan fingerprint density at radius 3 is 1.53 bits per heavy atom. The molecular formula is C44H62N4O5. The SMILES string of the molecule is CCOc1cc(C(C(=O)N[C@H](CC(C)C)c2ccccc2N2CCCCC2)C(=O)N[C@H](CC(C)C)c2ccccc2N2CCCCC2)ccc1C(O)O. The minimum Gasteiger partial charge on any atom is -0.493 e. The van der Waals surface area contributed by atoms with Gasteiger partial charge in [0.2, 0.25) is 11.8 Å². The highest BCUT2D eigenvalue weighted by Gasteiger charge is 2.35. The van der Waals surface area contributed by atoms with Crippen LogP contribution in [0.2, 0.25) is 0 Å². The minimum absolute atomic E-state index is 0.177. The van der Waals surface area contributed by atoms with Gasteiger partial charge in [-0.05, 0) is 111 Å². The van der Waals surface area contributed by atoms with E-state index < -0.39 is 24.0 Å². The predicted octanol–water partition coefficient (Wildman–Crippen LogP) is 7.94. The number of hydrogen-bond acceptors (Lipinski definition) is 7. The van der Waals surface area contributed by atoms with E-state index >= 15 is 0 Å². The maximum atomic E-state index is 14.8. The molecule has 2 aliphatic heterocycles. The molecule has 9 nitrogen and oxygen atoms in total. The molecule has 2 atom stereocenters. The fourth-order valence-corrected chi connectivity index (χ4v) is 8.04. The number of hydrogen-bond donors (Lipinski definition) is 4. The van der Waals surface area contributed by atoms with Crippen LogP contribution in [0, 0.1) is 11.8 Å². The molecule has 0 radical (unpaired) electrons. The molecule has 288 valence electrons. The second kappa shape index (κ2) is 19.3. The van der Waals surface area contributed by atoms with Gasteiger partial charge in [0.1, 0.15) is 11.7 Å². The van der Waals surface area contributed by atoms with Crippen LogP contribution in [0.4, 0.5) is 11.4 Å². The lowest BCUT2D eigenvalue weighted by molar-refractivity contribution is -0.132. The van der Waals surface area contributed by atoms with Crippen molar-refractivity contribution in [2.45, 2.75) is 110 Å². The van der Waals surface area contributed by atoms with Crippen LogP contribution in [0.5, 0.6) is 5.75 Å². The molecule has 9 heteroatoms. The van der Waals surface area contributed by atoms with Gasteiger partial charge in [0.05, 0.1) is 18.7 Å². The van der Waals surface area contributed by atoms with Crippen molar-refractivity contribution in [2.24, 2.45) is 11.8 Å². The summed E-state index contributed by atoms with van der Waals surface area (Å²) >= 11 is 0. The topological polar surface area (TPSA) is 114 Å². The average molecular weight is 727 g/mol. The summed E-state index contributed by atoms with van der Waals surface area (Å²) in [6.45, 7) is 14.6. The van der Waals surface area contributed by atoms with Crippen LogP contribution in [-0.2, 0) is 9.59 Å². The van der Waals surface area contributed by atoms with Gasteiger partial charge in [-0.3, -0.25) is 9.59 Å². The maximum Gasteiger partial charge on any atom is 0.237 e. The minimum atomic E-state index is -1.77. The summed E-state index contributed by atoms with van der Waals surface area (Å²) in [5.74, 6) is -1.26. The van der Waals surface area contributed by atoms with Gasteiger partial charge in [-0.15, -0.1) is 0 Å². The molecule has 2 saturated heterocycles. The highest BCUT2D eigenvalue weighted by Crippen LogP contribution is 2.36. The van der Waals surface area contributed by atoms with Crippen LogP contribution in [0.15, 0.2) is 66.7 Å². The van der Waals surface area contributed by atoms with E-state index in [0.717, 1.165) is 74.4 Å². The lowest BCUT2D eigenvalue weighted by Crippen LogP contribution is -2.43. The number of anilines is 2. The number of carbonyl (C=O) groups is 2. The Morgan fingerprint density at radius 2 is 1.11 bits per heavy atom. The molecule has 2 heterocycles. The van der Waals surface area contributed by atoms with Gasteiger partial charge in [-0.1, -0.05) is 70.2 Å². The van der Waals surface area contributed by atoms with Crippen molar-refractivity contribution in [1.29, 1.82) is 0 Å². The zero-order valence-electron chi connectivity index (χ0n) is 32.5. The van der Waals surface area contributed by atoms with Crippen molar-refractivity contribution in [3.05, 3.63) is 89.0 Å². The molecule has 0 unspecified atom stereocenters. The van der Waals surface area contributed by atoms with Crippen molar-refractivity contribution >= 4 is 23.2 Å². The van der Waals surface area contributed by atoms with Crippen molar-refractivity contribution in [3.8, 4) is 5.75 Å². The first-order valence-electron chi connectivity index (χ1n) is 20.0. The number of nitrogens with one attached hydrogen (secondary N) is 2. The molecule has 2 amide bonds. The largest absolute Gasteiger partial charge is 0.493 e. The number of nitrogens with zero attached hydrogens (tertiary/aromatic N) is 2. The molecule has 0 aliphatic carbocycles. The Morgan fingerprint density at radius 1 is 0.660 bits per heavy atom. The number of aliphatic hydroxyl groups is 2. The van der Waals surface area contributed by atoms with E-state index in [2.05, 4.69) is 84.5 Å². The zero-order valence-corrected chi connectivity index (χ0v) is 32.5. The Bertz CT molecular complexity index is 1540. The number of amides is 2. The van der Waals surface area contributed by atoms with Crippen LogP contribution in [0.1, 0.15) is 133 Å². The molecule has 0 saturated carbocycles. The summed E-state index contributed by atoms with van der Waals surface area (Å²) in [7, 11) is 0. The maximum absolute atomic E-state index is 14.8. The fraction of sp³-hybridized carbons (Fsp3) is 0.545. The average Bonchev–Trinajstić information content (AvgIpc) is 3.15. The van der Waals surface area contributed by atoms with Crippen molar-refractivity contribution in [2.75, 3.05) is 42.6 Å². The Hall–Kier alpha value is -4.08. The number of carbonyl (C=O) groups excluding carboxylic acids is 2. The van der Waals surface area contributed by atoms with Gasteiger partial charge < -0.3 is 35.4 Å². The molecule has 0 aromatic heterocycles. The summed E-state index contributed by atoms with van der Waals surface area (Å²) in [5.41, 5.74) is 4.97. The van der Waals surface area contributed by atoms with E-state index in [9.17, 15) is 19.8 Å². The van der Waals surface area contributed by atoms with Crippen LogP contribution in [0.25, 0.3) is 0 Å². The molecule has 53 heavy (non-hydrogen) atoms. The third-order valence-corrected chi connectivity index (χ3v) is 10.5. The predicted molar refractivity (Wildman–Crippen MR) is 213 cm³/mol. The van der Waals surface area contributed by atoms with Crippen molar-refractivity contribution in [3.63, 3.8) is 0 Å². The normalized spacial score (nSPS) is 16.3. The van der Waals surface area contributed by atoms with Gasteiger partial charge in [0, 0.05) is 43.1 Å². The lowest BCUT2D eigenvalue weighted by atomic mass is 9.90. The molecule has 4 N–H and O–H groups in total.